The van der Waals surface area contributed by atoms with Crippen LogP contribution in [0.4, 0.5) is 5.69 Å². The summed E-state index contributed by atoms with van der Waals surface area (Å²) in [5.74, 6) is 1.84. The fraction of sp³-hybridized carbons (Fsp3) is 0.227. The number of amides is 1. The minimum Gasteiger partial charge on any atom is -0.493 e. The Bertz CT molecular complexity index is 1150. The molecule has 0 spiro atoms. The number of furan rings is 1. The molecule has 2 aromatic carbocycles. The summed E-state index contributed by atoms with van der Waals surface area (Å²) in [5, 5.41) is 11.7. The van der Waals surface area contributed by atoms with Gasteiger partial charge in [-0.15, -0.1) is 0 Å². The van der Waals surface area contributed by atoms with Gasteiger partial charge >= 0.3 is 0 Å². The highest BCUT2D eigenvalue weighted by molar-refractivity contribution is 5.92. The number of rotatable bonds is 5. The largest absolute Gasteiger partial charge is 0.493 e. The molecule has 154 valence electrons. The van der Waals surface area contributed by atoms with Gasteiger partial charge in [0.25, 0.3) is 5.69 Å². The number of nitro groups is 1. The standard InChI is InChI=1S/C22H20N2O6/c1-28-19-11-17-16-9-10-23(13-21(16)30-18(17)12-20(19)29-2)22(25)8-5-14-3-6-15(7-4-14)24(26)27/h3-8,11-12H,9-10,13H2,1-2H3/b8-5+. The molecule has 1 aliphatic rings. The number of ether oxygens (including phenoxy) is 2. The summed E-state index contributed by atoms with van der Waals surface area (Å²) < 4.78 is 16.7. The molecule has 0 saturated heterocycles. The molecule has 30 heavy (non-hydrogen) atoms. The van der Waals surface area contributed by atoms with Crippen molar-refractivity contribution in [1.29, 1.82) is 0 Å². The van der Waals surface area contributed by atoms with E-state index in [1.54, 1.807) is 43.4 Å². The van der Waals surface area contributed by atoms with E-state index < -0.39 is 4.92 Å². The lowest BCUT2D eigenvalue weighted by molar-refractivity contribution is -0.384. The van der Waals surface area contributed by atoms with E-state index >= 15 is 0 Å². The maximum atomic E-state index is 12.6. The average molecular weight is 408 g/mol. The molecule has 0 radical (unpaired) electrons. The first-order chi connectivity index (χ1) is 14.5. The summed E-state index contributed by atoms with van der Waals surface area (Å²) in [6.07, 6.45) is 3.80. The highest BCUT2D eigenvalue weighted by atomic mass is 16.6. The van der Waals surface area contributed by atoms with Crippen molar-refractivity contribution in [3.05, 3.63) is 69.5 Å². The van der Waals surface area contributed by atoms with Crippen molar-refractivity contribution in [2.75, 3.05) is 20.8 Å². The minimum absolute atomic E-state index is 0.0141. The quantitative estimate of drug-likeness (QED) is 0.360. The molecule has 8 heteroatoms. The van der Waals surface area contributed by atoms with Crippen molar-refractivity contribution < 1.29 is 23.6 Å². The summed E-state index contributed by atoms with van der Waals surface area (Å²) in [4.78, 5) is 24.6. The predicted molar refractivity (Wildman–Crippen MR) is 111 cm³/mol. The molecule has 0 bridgehead atoms. The number of hydrogen-bond acceptors (Lipinski definition) is 6. The second-order valence-electron chi connectivity index (χ2n) is 6.90. The van der Waals surface area contributed by atoms with Gasteiger partial charge in [0.2, 0.25) is 5.91 Å². The molecule has 0 saturated carbocycles. The summed E-state index contributed by atoms with van der Waals surface area (Å²) in [5.41, 5.74) is 2.51. The van der Waals surface area contributed by atoms with Crippen LogP contribution in [0, 0.1) is 10.1 Å². The number of methoxy groups -OCH3 is 2. The van der Waals surface area contributed by atoms with E-state index in [0.717, 1.165) is 22.3 Å². The second kappa shape index (κ2) is 7.90. The van der Waals surface area contributed by atoms with Crippen LogP contribution in [-0.4, -0.2) is 36.5 Å². The van der Waals surface area contributed by atoms with Crippen molar-refractivity contribution in [1.82, 2.24) is 4.90 Å². The van der Waals surface area contributed by atoms with E-state index in [0.29, 0.717) is 36.6 Å². The molecule has 2 heterocycles. The van der Waals surface area contributed by atoms with E-state index in [1.165, 1.54) is 18.2 Å². The lowest BCUT2D eigenvalue weighted by Gasteiger charge is -2.25. The van der Waals surface area contributed by atoms with Crippen LogP contribution >= 0.6 is 0 Å². The van der Waals surface area contributed by atoms with E-state index in [2.05, 4.69) is 0 Å². The van der Waals surface area contributed by atoms with Crippen molar-refractivity contribution in [3.63, 3.8) is 0 Å². The maximum absolute atomic E-state index is 12.6. The van der Waals surface area contributed by atoms with Gasteiger partial charge in [-0.1, -0.05) is 0 Å². The first-order valence-electron chi connectivity index (χ1n) is 9.38. The van der Waals surface area contributed by atoms with Crippen LogP contribution in [0.25, 0.3) is 17.0 Å². The Kier molecular flexibility index (Phi) is 5.14. The first kappa shape index (κ1) is 19.5. The Morgan fingerprint density at radius 2 is 1.87 bits per heavy atom. The third-order valence-electron chi connectivity index (χ3n) is 5.18. The topological polar surface area (TPSA) is 95.1 Å². The summed E-state index contributed by atoms with van der Waals surface area (Å²) in [6.45, 7) is 0.942. The van der Waals surface area contributed by atoms with Crippen LogP contribution in [-0.2, 0) is 17.8 Å². The monoisotopic (exact) mass is 408 g/mol. The zero-order valence-corrected chi connectivity index (χ0v) is 16.6. The zero-order valence-electron chi connectivity index (χ0n) is 16.6. The Balaban J connectivity index is 1.52. The first-order valence-corrected chi connectivity index (χ1v) is 9.38. The number of carbonyl (C=O) groups is 1. The van der Waals surface area contributed by atoms with Crippen LogP contribution in [0.15, 0.2) is 46.9 Å². The van der Waals surface area contributed by atoms with E-state index in [1.807, 2.05) is 6.07 Å². The second-order valence-corrected chi connectivity index (χ2v) is 6.90. The van der Waals surface area contributed by atoms with Crippen molar-refractivity contribution in [2.24, 2.45) is 0 Å². The molecule has 1 aromatic heterocycles. The molecule has 0 aliphatic carbocycles. The predicted octanol–water partition coefficient (Wildman–Crippen LogP) is 3.96. The number of carbonyl (C=O) groups excluding carboxylic acids is 1. The van der Waals surface area contributed by atoms with Crippen molar-refractivity contribution in [3.8, 4) is 11.5 Å². The molecule has 3 aromatic rings. The van der Waals surface area contributed by atoms with Crippen LogP contribution < -0.4 is 9.47 Å². The van der Waals surface area contributed by atoms with Gasteiger partial charge in [-0.05, 0) is 36.3 Å². The highest BCUT2D eigenvalue weighted by Gasteiger charge is 2.25. The molecular weight excluding hydrogens is 388 g/mol. The lowest BCUT2D eigenvalue weighted by Crippen LogP contribution is -2.34. The Morgan fingerprint density at radius 1 is 1.17 bits per heavy atom. The van der Waals surface area contributed by atoms with E-state index in [-0.39, 0.29) is 11.6 Å². The van der Waals surface area contributed by atoms with Crippen molar-refractivity contribution >= 4 is 28.6 Å². The molecule has 0 fully saturated rings. The van der Waals surface area contributed by atoms with Gasteiger partial charge in [0.1, 0.15) is 11.3 Å². The molecule has 8 nitrogen and oxygen atoms in total. The van der Waals surface area contributed by atoms with Gasteiger partial charge in [-0.2, -0.15) is 0 Å². The normalized spacial score (nSPS) is 13.5. The number of fused-ring (bicyclic) bond motifs is 3. The average Bonchev–Trinajstić information content (AvgIpc) is 3.13. The molecule has 1 amide bonds. The van der Waals surface area contributed by atoms with Crippen LogP contribution in [0.1, 0.15) is 16.9 Å². The van der Waals surface area contributed by atoms with Crippen LogP contribution in [0.5, 0.6) is 11.5 Å². The minimum atomic E-state index is -0.456. The van der Waals surface area contributed by atoms with Gasteiger partial charge in [0.05, 0.1) is 25.7 Å². The van der Waals surface area contributed by atoms with Crippen LogP contribution in [0.2, 0.25) is 0 Å². The summed E-state index contributed by atoms with van der Waals surface area (Å²) in [7, 11) is 3.16. The van der Waals surface area contributed by atoms with Gasteiger partial charge in [0.15, 0.2) is 11.5 Å². The number of non-ortho nitro benzene ring substituents is 1. The SMILES string of the molecule is COc1cc2oc3c(c2cc1OC)CCN(C(=O)/C=C/c1ccc([N+](=O)[O-])cc1)C3. The lowest BCUT2D eigenvalue weighted by atomic mass is 10.0. The number of nitrogens with zero attached hydrogens (tertiary/aromatic N) is 2. The van der Waals surface area contributed by atoms with Crippen LogP contribution in [0.3, 0.4) is 0 Å². The molecule has 0 atom stereocenters. The third-order valence-corrected chi connectivity index (χ3v) is 5.18. The molecule has 4 rings (SSSR count). The van der Waals surface area contributed by atoms with Gasteiger partial charge in [0, 0.05) is 41.8 Å². The zero-order chi connectivity index (χ0) is 21.3. The Morgan fingerprint density at radius 3 is 2.53 bits per heavy atom. The third kappa shape index (κ3) is 3.59. The molecule has 0 unspecified atom stereocenters. The van der Waals surface area contributed by atoms with E-state index in [9.17, 15) is 14.9 Å². The molecule has 1 aliphatic heterocycles. The maximum Gasteiger partial charge on any atom is 0.269 e. The summed E-state index contributed by atoms with van der Waals surface area (Å²) in [6, 6.07) is 9.74. The number of benzene rings is 2. The number of nitro benzene ring substituents is 1. The van der Waals surface area contributed by atoms with Crippen molar-refractivity contribution in [2.45, 2.75) is 13.0 Å². The molecule has 0 N–H and O–H groups in total. The number of hydrogen-bond donors (Lipinski definition) is 0. The van der Waals surface area contributed by atoms with Gasteiger partial charge < -0.3 is 18.8 Å². The van der Waals surface area contributed by atoms with Gasteiger partial charge in [-0.25, -0.2) is 0 Å². The fourth-order valence-electron chi connectivity index (χ4n) is 3.59. The summed E-state index contributed by atoms with van der Waals surface area (Å²) >= 11 is 0. The Labute approximate surface area is 172 Å². The fourth-order valence-corrected chi connectivity index (χ4v) is 3.59. The molecular formula is C22H20N2O6. The highest BCUT2D eigenvalue weighted by Crippen LogP contribution is 2.38. The van der Waals surface area contributed by atoms with E-state index in [4.69, 9.17) is 13.9 Å². The Hall–Kier alpha value is -3.81. The smallest absolute Gasteiger partial charge is 0.269 e. The van der Waals surface area contributed by atoms with Gasteiger partial charge in [-0.3, -0.25) is 14.9 Å².